The molecule has 0 saturated heterocycles. The van der Waals surface area contributed by atoms with Gasteiger partial charge in [-0.05, 0) is 44.7 Å². The molecule has 1 heterocycles. The maximum Gasteiger partial charge on any atom is 0.305 e. The molecule has 0 radical (unpaired) electrons. The number of fused-ring (bicyclic) bond motifs is 1. The Morgan fingerprint density at radius 2 is 2.23 bits per heavy atom. The Kier molecular flexibility index (Phi) is 5.33. The van der Waals surface area contributed by atoms with E-state index in [2.05, 4.69) is 13.8 Å². The lowest BCUT2D eigenvalue weighted by atomic mass is 9.76. The molecule has 4 heteroatoms. The number of aromatic hydroxyl groups is 1. The minimum Gasteiger partial charge on any atom is -0.508 e. The zero-order chi connectivity index (χ0) is 16.2. The Hall–Kier alpha value is -1.71. The van der Waals surface area contributed by atoms with E-state index < -0.39 is 5.60 Å². The molecule has 22 heavy (non-hydrogen) atoms. The first kappa shape index (κ1) is 16.7. The Labute approximate surface area is 132 Å². The van der Waals surface area contributed by atoms with Crippen molar-refractivity contribution in [3.63, 3.8) is 0 Å². The molecule has 1 N–H and O–H groups in total. The van der Waals surface area contributed by atoms with Gasteiger partial charge in [-0.1, -0.05) is 19.4 Å². The molecule has 2 atom stereocenters. The second-order valence-corrected chi connectivity index (χ2v) is 6.20. The van der Waals surface area contributed by atoms with E-state index in [-0.39, 0.29) is 11.7 Å². The van der Waals surface area contributed by atoms with Gasteiger partial charge in [0.05, 0.1) is 6.61 Å². The molecule has 1 aliphatic rings. The molecule has 0 aliphatic carbocycles. The van der Waals surface area contributed by atoms with E-state index in [1.165, 1.54) is 0 Å². The van der Waals surface area contributed by atoms with E-state index >= 15 is 0 Å². The molecule has 1 aromatic rings. The van der Waals surface area contributed by atoms with Crippen molar-refractivity contribution in [3.8, 4) is 11.5 Å². The van der Waals surface area contributed by atoms with Crippen LogP contribution in [0.2, 0.25) is 0 Å². The van der Waals surface area contributed by atoms with E-state index in [1.54, 1.807) is 12.1 Å². The van der Waals surface area contributed by atoms with Crippen molar-refractivity contribution in [1.29, 1.82) is 0 Å². The molecule has 0 bridgehead atoms. The largest absolute Gasteiger partial charge is 0.508 e. The smallest absolute Gasteiger partial charge is 0.305 e. The van der Waals surface area contributed by atoms with Gasteiger partial charge in [0, 0.05) is 18.4 Å². The number of phenolic OH excluding ortho intramolecular Hbond substituents is 1. The number of phenols is 1. The summed E-state index contributed by atoms with van der Waals surface area (Å²) in [6, 6.07) is 5.30. The number of rotatable bonds is 6. The second kappa shape index (κ2) is 7.03. The first-order valence-corrected chi connectivity index (χ1v) is 8.15. The van der Waals surface area contributed by atoms with Crippen LogP contribution in [0.4, 0.5) is 0 Å². The average Bonchev–Trinajstić information content (AvgIpc) is 2.47. The van der Waals surface area contributed by atoms with Crippen LogP contribution in [0.1, 0.15) is 52.0 Å². The zero-order valence-corrected chi connectivity index (χ0v) is 13.7. The number of hydrogen-bond acceptors (Lipinski definition) is 4. The summed E-state index contributed by atoms with van der Waals surface area (Å²) in [5.74, 6) is 1.13. The van der Waals surface area contributed by atoms with Gasteiger partial charge in [-0.2, -0.15) is 0 Å². The molecular formula is C18H26O4. The Morgan fingerprint density at radius 1 is 1.45 bits per heavy atom. The summed E-state index contributed by atoms with van der Waals surface area (Å²) >= 11 is 0. The predicted molar refractivity (Wildman–Crippen MR) is 85.1 cm³/mol. The molecule has 0 amide bonds. The van der Waals surface area contributed by atoms with Crippen LogP contribution in [0.5, 0.6) is 11.5 Å². The molecule has 4 nitrogen and oxygen atoms in total. The van der Waals surface area contributed by atoms with E-state index in [0.29, 0.717) is 25.4 Å². The van der Waals surface area contributed by atoms with Gasteiger partial charge in [0.25, 0.3) is 0 Å². The summed E-state index contributed by atoms with van der Waals surface area (Å²) in [4.78, 5) is 11.7. The standard InChI is InChI=1S/C18H26O4/c1-4-6-14-11-13-7-8-15(19)12-16(13)22-18(14,3)10-9-17(20)21-5-2/h7-8,12,14,19H,4-6,9-11H2,1-3H3. The summed E-state index contributed by atoms with van der Waals surface area (Å²) < 4.78 is 11.3. The van der Waals surface area contributed by atoms with Gasteiger partial charge in [0.1, 0.15) is 17.1 Å². The van der Waals surface area contributed by atoms with Crippen LogP contribution in [0.15, 0.2) is 18.2 Å². The van der Waals surface area contributed by atoms with Gasteiger partial charge in [-0.15, -0.1) is 0 Å². The maximum atomic E-state index is 11.7. The monoisotopic (exact) mass is 306 g/mol. The Balaban J connectivity index is 2.17. The van der Waals surface area contributed by atoms with E-state index in [4.69, 9.17) is 9.47 Å². The van der Waals surface area contributed by atoms with Crippen LogP contribution < -0.4 is 4.74 Å². The topological polar surface area (TPSA) is 55.8 Å². The lowest BCUT2D eigenvalue weighted by molar-refractivity contribution is -0.144. The third kappa shape index (κ3) is 3.73. The minimum absolute atomic E-state index is 0.177. The molecule has 122 valence electrons. The number of benzene rings is 1. The van der Waals surface area contributed by atoms with Crippen molar-refractivity contribution in [1.82, 2.24) is 0 Å². The number of ether oxygens (including phenoxy) is 2. The SMILES string of the molecule is CCCC1Cc2ccc(O)cc2OC1(C)CCC(=O)OCC. The van der Waals surface area contributed by atoms with Crippen LogP contribution in [0.3, 0.4) is 0 Å². The van der Waals surface area contributed by atoms with Crippen LogP contribution in [0, 0.1) is 5.92 Å². The van der Waals surface area contributed by atoms with Crippen molar-refractivity contribution in [2.24, 2.45) is 5.92 Å². The summed E-state index contributed by atoms with van der Waals surface area (Å²) in [6.45, 7) is 6.46. The van der Waals surface area contributed by atoms with Gasteiger partial charge < -0.3 is 14.6 Å². The van der Waals surface area contributed by atoms with Crippen molar-refractivity contribution in [2.45, 2.75) is 58.5 Å². The highest BCUT2D eigenvalue weighted by Gasteiger charge is 2.40. The maximum absolute atomic E-state index is 11.7. The van der Waals surface area contributed by atoms with Gasteiger partial charge in [0.2, 0.25) is 0 Å². The summed E-state index contributed by atoms with van der Waals surface area (Å²) in [6.07, 6.45) is 4.04. The number of esters is 1. The van der Waals surface area contributed by atoms with E-state index in [9.17, 15) is 9.90 Å². The normalized spacial score (nSPS) is 23.5. The fourth-order valence-corrected chi connectivity index (χ4v) is 3.22. The van der Waals surface area contributed by atoms with Crippen molar-refractivity contribution in [3.05, 3.63) is 23.8 Å². The quantitative estimate of drug-likeness (QED) is 0.811. The average molecular weight is 306 g/mol. The number of carbonyl (C=O) groups is 1. The van der Waals surface area contributed by atoms with Gasteiger partial charge in [0.15, 0.2) is 0 Å². The fraction of sp³-hybridized carbons (Fsp3) is 0.611. The van der Waals surface area contributed by atoms with Gasteiger partial charge >= 0.3 is 5.97 Å². The number of hydrogen-bond donors (Lipinski definition) is 1. The Bertz CT molecular complexity index is 526. The highest BCUT2D eigenvalue weighted by atomic mass is 16.5. The third-order valence-electron chi connectivity index (χ3n) is 4.49. The highest BCUT2D eigenvalue weighted by Crippen LogP contribution is 2.42. The van der Waals surface area contributed by atoms with E-state index in [0.717, 1.165) is 30.6 Å². The first-order chi connectivity index (χ1) is 10.5. The van der Waals surface area contributed by atoms with Gasteiger partial charge in [-0.3, -0.25) is 4.79 Å². The zero-order valence-electron chi connectivity index (χ0n) is 13.7. The summed E-state index contributed by atoms with van der Waals surface area (Å²) in [7, 11) is 0. The van der Waals surface area contributed by atoms with Crippen molar-refractivity contribution >= 4 is 5.97 Å². The fourth-order valence-electron chi connectivity index (χ4n) is 3.22. The second-order valence-electron chi connectivity index (χ2n) is 6.20. The predicted octanol–water partition coefficient (Wildman–Crippen LogP) is 3.85. The van der Waals surface area contributed by atoms with Crippen molar-refractivity contribution < 1.29 is 19.4 Å². The molecule has 0 aromatic heterocycles. The van der Waals surface area contributed by atoms with Crippen LogP contribution in [0.25, 0.3) is 0 Å². The van der Waals surface area contributed by atoms with E-state index in [1.807, 2.05) is 13.0 Å². The molecule has 0 saturated carbocycles. The lowest BCUT2D eigenvalue weighted by Crippen LogP contribution is -2.45. The molecule has 0 spiro atoms. The Morgan fingerprint density at radius 3 is 2.91 bits per heavy atom. The molecule has 1 aliphatic heterocycles. The summed E-state index contributed by atoms with van der Waals surface area (Å²) in [5.41, 5.74) is 0.730. The van der Waals surface area contributed by atoms with Crippen LogP contribution in [-0.4, -0.2) is 23.3 Å². The van der Waals surface area contributed by atoms with Crippen LogP contribution in [-0.2, 0) is 16.0 Å². The molecule has 2 rings (SSSR count). The minimum atomic E-state index is -0.399. The van der Waals surface area contributed by atoms with Crippen molar-refractivity contribution in [2.75, 3.05) is 6.61 Å². The molecule has 2 unspecified atom stereocenters. The first-order valence-electron chi connectivity index (χ1n) is 8.15. The summed E-state index contributed by atoms with van der Waals surface area (Å²) in [5, 5.41) is 9.66. The molecule has 0 fully saturated rings. The number of carbonyl (C=O) groups excluding carboxylic acids is 1. The lowest BCUT2D eigenvalue weighted by Gasteiger charge is -2.42. The third-order valence-corrected chi connectivity index (χ3v) is 4.49. The molecular weight excluding hydrogens is 280 g/mol. The molecule has 1 aromatic carbocycles. The van der Waals surface area contributed by atoms with Crippen LogP contribution >= 0.6 is 0 Å². The highest BCUT2D eigenvalue weighted by molar-refractivity contribution is 5.69. The van der Waals surface area contributed by atoms with Gasteiger partial charge in [-0.25, -0.2) is 0 Å².